The summed E-state index contributed by atoms with van der Waals surface area (Å²) >= 11 is 0. The van der Waals surface area contributed by atoms with Crippen LogP contribution in [0.25, 0.3) is 0 Å². The third kappa shape index (κ3) is 6.16. The van der Waals surface area contributed by atoms with E-state index in [1.807, 2.05) is 6.92 Å². The molecule has 0 spiro atoms. The largest absolute Gasteiger partial charge is 0.416 e. The minimum atomic E-state index is -4.36. The highest BCUT2D eigenvalue weighted by Crippen LogP contribution is 2.33. The van der Waals surface area contributed by atoms with Gasteiger partial charge in [0.05, 0.1) is 5.56 Å². The highest BCUT2D eigenvalue weighted by atomic mass is 19.4. The van der Waals surface area contributed by atoms with E-state index in [-0.39, 0.29) is 11.7 Å². The molecule has 1 heterocycles. The standard InChI is InChI=1S/C25H30F3NO/c1-2-18(20-9-7-10-21(16-20)25(26,27)28)17-23(30)12-5-4-11-22-15-14-19-8-3-6-13-24(19)29-22/h7,9-10,14-16,18H,2-6,8,11-13,17H2,1H3/t18-/m1/s1. The molecule has 1 aromatic carbocycles. The maximum atomic E-state index is 13.0. The van der Waals surface area contributed by atoms with Gasteiger partial charge in [-0.05, 0) is 80.5 Å². The van der Waals surface area contributed by atoms with Crippen LogP contribution < -0.4 is 0 Å². The van der Waals surface area contributed by atoms with E-state index < -0.39 is 11.7 Å². The number of carbonyl (C=O) groups excluding carboxylic acids is 1. The van der Waals surface area contributed by atoms with Crippen molar-refractivity contribution in [3.05, 3.63) is 64.5 Å². The number of pyridine rings is 1. The number of halogens is 3. The molecular formula is C25H30F3NO. The first-order valence-electron chi connectivity index (χ1n) is 11.0. The monoisotopic (exact) mass is 417 g/mol. The van der Waals surface area contributed by atoms with Crippen LogP contribution in [0.15, 0.2) is 36.4 Å². The van der Waals surface area contributed by atoms with E-state index in [2.05, 4.69) is 12.1 Å². The van der Waals surface area contributed by atoms with Crippen LogP contribution >= 0.6 is 0 Å². The van der Waals surface area contributed by atoms with Crippen LogP contribution in [0.5, 0.6) is 0 Å². The molecular weight excluding hydrogens is 387 g/mol. The number of hydrogen-bond donors (Lipinski definition) is 0. The van der Waals surface area contributed by atoms with Crippen molar-refractivity contribution in [1.29, 1.82) is 0 Å². The Bertz CT molecular complexity index is 860. The van der Waals surface area contributed by atoms with Gasteiger partial charge >= 0.3 is 6.18 Å². The number of Topliss-reactive ketones (excluding diaryl/α,β-unsaturated/α-hetero) is 1. The smallest absolute Gasteiger partial charge is 0.300 e. The topological polar surface area (TPSA) is 30.0 Å². The zero-order valence-corrected chi connectivity index (χ0v) is 17.6. The van der Waals surface area contributed by atoms with E-state index in [4.69, 9.17) is 4.98 Å². The number of alkyl halides is 3. The second-order valence-electron chi connectivity index (χ2n) is 8.29. The van der Waals surface area contributed by atoms with E-state index in [9.17, 15) is 18.0 Å². The molecule has 0 aliphatic heterocycles. The van der Waals surface area contributed by atoms with Gasteiger partial charge in [0.2, 0.25) is 0 Å². The van der Waals surface area contributed by atoms with Gasteiger partial charge in [-0.25, -0.2) is 0 Å². The van der Waals surface area contributed by atoms with Gasteiger partial charge in [-0.2, -0.15) is 13.2 Å². The fraction of sp³-hybridized carbons (Fsp3) is 0.520. The lowest BCUT2D eigenvalue weighted by atomic mass is 9.89. The first-order valence-corrected chi connectivity index (χ1v) is 11.0. The number of carbonyl (C=O) groups is 1. The van der Waals surface area contributed by atoms with Gasteiger partial charge < -0.3 is 0 Å². The summed E-state index contributed by atoms with van der Waals surface area (Å²) in [5.41, 5.74) is 3.66. The second-order valence-corrected chi connectivity index (χ2v) is 8.29. The zero-order valence-electron chi connectivity index (χ0n) is 17.6. The SMILES string of the molecule is CC[C@H](CC(=O)CCCCc1ccc2c(n1)CCCC2)c1cccc(C(F)(F)F)c1. The summed E-state index contributed by atoms with van der Waals surface area (Å²) in [6.45, 7) is 1.92. The Kier molecular flexibility index (Phi) is 7.68. The number of hydrogen-bond acceptors (Lipinski definition) is 2. The zero-order chi connectivity index (χ0) is 21.6. The van der Waals surface area contributed by atoms with E-state index in [1.165, 1.54) is 36.2 Å². The van der Waals surface area contributed by atoms with Gasteiger partial charge in [-0.3, -0.25) is 9.78 Å². The van der Waals surface area contributed by atoms with Crippen molar-refractivity contribution < 1.29 is 18.0 Å². The first kappa shape index (κ1) is 22.5. The Morgan fingerprint density at radius 2 is 1.90 bits per heavy atom. The molecule has 162 valence electrons. The molecule has 1 aliphatic rings. The molecule has 2 aromatic rings. The van der Waals surface area contributed by atoms with Crippen molar-refractivity contribution in [2.75, 3.05) is 0 Å². The van der Waals surface area contributed by atoms with Gasteiger partial charge in [0.15, 0.2) is 0 Å². The van der Waals surface area contributed by atoms with Crippen molar-refractivity contribution in [3.8, 4) is 0 Å². The number of ketones is 1. The number of rotatable bonds is 9. The minimum Gasteiger partial charge on any atom is -0.300 e. The molecule has 0 unspecified atom stereocenters. The molecule has 1 aliphatic carbocycles. The summed E-state index contributed by atoms with van der Waals surface area (Å²) in [6, 6.07) is 9.68. The first-order chi connectivity index (χ1) is 14.4. The predicted octanol–water partition coefficient (Wildman–Crippen LogP) is 6.85. The van der Waals surface area contributed by atoms with Crippen LogP contribution in [0.1, 0.15) is 85.9 Å². The summed E-state index contributed by atoms with van der Waals surface area (Å²) in [7, 11) is 0. The van der Waals surface area contributed by atoms with Gasteiger partial charge in [-0.1, -0.05) is 31.2 Å². The van der Waals surface area contributed by atoms with Crippen molar-refractivity contribution >= 4 is 5.78 Å². The second kappa shape index (κ2) is 10.2. The summed E-state index contributed by atoms with van der Waals surface area (Å²) in [4.78, 5) is 17.2. The van der Waals surface area contributed by atoms with Crippen LogP contribution in [0, 0.1) is 0 Å². The maximum absolute atomic E-state index is 13.0. The van der Waals surface area contributed by atoms with Crippen molar-refractivity contribution in [2.24, 2.45) is 0 Å². The summed E-state index contributed by atoms with van der Waals surface area (Å²) < 4.78 is 38.9. The number of nitrogens with zero attached hydrogens (tertiary/aromatic N) is 1. The minimum absolute atomic E-state index is 0.123. The van der Waals surface area contributed by atoms with E-state index in [0.717, 1.165) is 43.9 Å². The van der Waals surface area contributed by atoms with Crippen LogP contribution in [0.2, 0.25) is 0 Å². The van der Waals surface area contributed by atoms with Crippen molar-refractivity contribution in [1.82, 2.24) is 4.98 Å². The number of fused-ring (bicyclic) bond motifs is 1. The quantitative estimate of drug-likeness (QED) is 0.418. The summed E-state index contributed by atoms with van der Waals surface area (Å²) in [5, 5.41) is 0. The van der Waals surface area contributed by atoms with Crippen LogP contribution in [-0.2, 0) is 30.2 Å². The molecule has 2 nitrogen and oxygen atoms in total. The lowest BCUT2D eigenvalue weighted by Crippen LogP contribution is -2.10. The van der Waals surface area contributed by atoms with Crippen LogP contribution in [-0.4, -0.2) is 10.8 Å². The molecule has 3 rings (SSSR count). The van der Waals surface area contributed by atoms with Gasteiger partial charge in [0.25, 0.3) is 0 Å². The average molecular weight is 418 g/mol. The summed E-state index contributed by atoms with van der Waals surface area (Å²) in [6.07, 6.45) is 4.26. The molecule has 5 heteroatoms. The number of aromatic nitrogens is 1. The van der Waals surface area contributed by atoms with Crippen LogP contribution in [0.4, 0.5) is 13.2 Å². The Morgan fingerprint density at radius 3 is 2.67 bits per heavy atom. The predicted molar refractivity (Wildman–Crippen MR) is 113 cm³/mol. The molecule has 30 heavy (non-hydrogen) atoms. The van der Waals surface area contributed by atoms with E-state index >= 15 is 0 Å². The molecule has 0 N–H and O–H groups in total. The lowest BCUT2D eigenvalue weighted by Gasteiger charge is -2.17. The van der Waals surface area contributed by atoms with Gasteiger partial charge in [0.1, 0.15) is 5.78 Å². The third-order valence-electron chi connectivity index (χ3n) is 6.03. The lowest BCUT2D eigenvalue weighted by molar-refractivity contribution is -0.137. The molecule has 1 atom stereocenters. The Morgan fingerprint density at radius 1 is 1.10 bits per heavy atom. The Hall–Kier alpha value is -2.17. The fourth-order valence-corrected chi connectivity index (χ4v) is 4.24. The molecule has 0 saturated heterocycles. The Labute approximate surface area is 176 Å². The highest BCUT2D eigenvalue weighted by Gasteiger charge is 2.31. The van der Waals surface area contributed by atoms with Crippen LogP contribution in [0.3, 0.4) is 0 Å². The van der Waals surface area contributed by atoms with E-state index in [0.29, 0.717) is 24.8 Å². The van der Waals surface area contributed by atoms with Crippen molar-refractivity contribution in [3.63, 3.8) is 0 Å². The molecule has 0 saturated carbocycles. The molecule has 0 fully saturated rings. The van der Waals surface area contributed by atoms with Gasteiger partial charge in [0, 0.05) is 24.2 Å². The van der Waals surface area contributed by atoms with Crippen molar-refractivity contribution in [2.45, 2.75) is 83.2 Å². The fourth-order valence-electron chi connectivity index (χ4n) is 4.24. The molecule has 1 aromatic heterocycles. The third-order valence-corrected chi connectivity index (χ3v) is 6.03. The number of benzene rings is 1. The summed E-state index contributed by atoms with van der Waals surface area (Å²) in [5.74, 6) is -0.0419. The normalized spacial score (nSPS) is 14.9. The number of aryl methyl sites for hydroxylation is 3. The Balaban J connectivity index is 1.47. The van der Waals surface area contributed by atoms with E-state index in [1.54, 1.807) is 6.07 Å². The average Bonchev–Trinajstić information content (AvgIpc) is 2.74. The molecule has 0 bridgehead atoms. The molecule has 0 amide bonds. The number of unbranched alkanes of at least 4 members (excludes halogenated alkanes) is 1. The highest BCUT2D eigenvalue weighted by molar-refractivity contribution is 5.79. The molecule has 0 radical (unpaired) electrons. The van der Waals surface area contributed by atoms with Gasteiger partial charge in [-0.15, -0.1) is 0 Å². The maximum Gasteiger partial charge on any atom is 0.416 e.